The van der Waals surface area contributed by atoms with Gasteiger partial charge in [-0.2, -0.15) is 0 Å². The van der Waals surface area contributed by atoms with Gasteiger partial charge in [0.15, 0.2) is 0 Å². The van der Waals surface area contributed by atoms with Crippen LogP contribution in [-0.2, 0) is 6.54 Å². The Bertz CT molecular complexity index is 671. The molecule has 18 heavy (non-hydrogen) atoms. The first-order valence-electron chi connectivity index (χ1n) is 4.49. The van der Waals surface area contributed by atoms with Crippen LogP contribution in [0.4, 0.5) is 5.69 Å². The fraction of sp³-hybridized carbons (Fsp3) is 0.125. The van der Waals surface area contributed by atoms with Crippen LogP contribution in [0.5, 0.6) is 0 Å². The molecule has 0 saturated heterocycles. The normalized spacial score (nSPS) is 10.6. The molecule has 0 bridgehead atoms. The summed E-state index contributed by atoms with van der Waals surface area (Å²) in [5, 5.41) is 18.5. The lowest BCUT2D eigenvalue weighted by molar-refractivity contribution is -0.385. The van der Waals surface area contributed by atoms with E-state index < -0.39 is 4.92 Å². The van der Waals surface area contributed by atoms with E-state index in [9.17, 15) is 14.9 Å². The molecule has 0 aliphatic heterocycles. The van der Waals surface area contributed by atoms with Gasteiger partial charge in [-0.25, -0.2) is 0 Å². The summed E-state index contributed by atoms with van der Waals surface area (Å²) >= 11 is 9.72. The van der Waals surface area contributed by atoms with Gasteiger partial charge in [0.25, 0.3) is 11.2 Å². The van der Waals surface area contributed by atoms with Crippen molar-refractivity contribution in [3.8, 4) is 0 Å². The van der Waals surface area contributed by atoms with Gasteiger partial charge >= 0.3 is 0 Å². The molecule has 0 aliphatic carbocycles. The molecular formula is C8H4BrClN4O3S. The molecule has 94 valence electrons. The van der Waals surface area contributed by atoms with Gasteiger partial charge in [0.05, 0.1) is 22.1 Å². The van der Waals surface area contributed by atoms with E-state index in [-0.39, 0.29) is 26.7 Å². The monoisotopic (exact) mass is 350 g/mol. The van der Waals surface area contributed by atoms with E-state index in [0.717, 1.165) is 23.6 Å². The van der Waals surface area contributed by atoms with E-state index in [1.807, 2.05) is 0 Å². The van der Waals surface area contributed by atoms with Crippen molar-refractivity contribution < 1.29 is 4.92 Å². The van der Waals surface area contributed by atoms with Crippen molar-refractivity contribution in [2.45, 2.75) is 6.54 Å². The number of pyridine rings is 1. The van der Waals surface area contributed by atoms with Gasteiger partial charge in [0, 0.05) is 6.07 Å². The number of rotatable bonds is 3. The van der Waals surface area contributed by atoms with Gasteiger partial charge in [-0.05, 0) is 27.5 Å². The number of hydrogen-bond donors (Lipinski definition) is 0. The zero-order chi connectivity index (χ0) is 13.3. The van der Waals surface area contributed by atoms with Crippen LogP contribution in [-0.4, -0.2) is 19.7 Å². The fourth-order valence-electron chi connectivity index (χ4n) is 1.24. The predicted molar refractivity (Wildman–Crippen MR) is 69.1 cm³/mol. The Morgan fingerprint density at radius 3 is 2.83 bits per heavy atom. The van der Waals surface area contributed by atoms with E-state index >= 15 is 0 Å². The maximum atomic E-state index is 11.8. The first-order chi connectivity index (χ1) is 8.47. The van der Waals surface area contributed by atoms with Crippen LogP contribution in [0.1, 0.15) is 5.01 Å². The molecule has 2 aromatic rings. The fourth-order valence-corrected chi connectivity index (χ4v) is 2.57. The van der Waals surface area contributed by atoms with Crippen LogP contribution in [0.25, 0.3) is 0 Å². The second-order valence-electron chi connectivity index (χ2n) is 3.19. The van der Waals surface area contributed by atoms with Gasteiger partial charge in [0.1, 0.15) is 5.01 Å². The number of halogens is 2. The highest BCUT2D eigenvalue weighted by Gasteiger charge is 2.13. The second-order valence-corrected chi connectivity index (χ2v) is 5.68. The largest absolute Gasteiger partial charge is 0.301 e. The van der Waals surface area contributed by atoms with Gasteiger partial charge in [0.2, 0.25) is 4.47 Å². The highest BCUT2D eigenvalue weighted by Crippen LogP contribution is 2.18. The topological polar surface area (TPSA) is 90.9 Å². The molecule has 0 fully saturated rings. The van der Waals surface area contributed by atoms with Crippen molar-refractivity contribution >= 4 is 44.6 Å². The summed E-state index contributed by atoms with van der Waals surface area (Å²) in [6.45, 7) is 0.0868. The van der Waals surface area contributed by atoms with Crippen LogP contribution in [0.3, 0.4) is 0 Å². The van der Waals surface area contributed by atoms with E-state index in [1.165, 1.54) is 4.57 Å². The highest BCUT2D eigenvalue weighted by atomic mass is 79.9. The molecule has 0 atom stereocenters. The lowest BCUT2D eigenvalue weighted by Gasteiger charge is -2.03. The van der Waals surface area contributed by atoms with E-state index in [4.69, 9.17) is 11.6 Å². The standard InChI is InChI=1S/C8H4BrClN4O3S/c9-5-1-4(14(16)17)2-13(7(5)15)3-6-11-12-8(10)18-6/h1-2H,3H2. The SMILES string of the molecule is O=c1c(Br)cc([N+](=O)[O-])cn1Cc1nnc(Cl)s1. The van der Waals surface area contributed by atoms with Crippen molar-refractivity contribution in [3.05, 3.63) is 46.7 Å². The molecule has 0 amide bonds. The Labute approximate surface area is 117 Å². The maximum absolute atomic E-state index is 11.8. The minimum absolute atomic E-state index is 0.0868. The number of hydrogen-bond acceptors (Lipinski definition) is 6. The van der Waals surface area contributed by atoms with Crippen LogP contribution in [0, 0.1) is 10.1 Å². The van der Waals surface area contributed by atoms with E-state index in [0.29, 0.717) is 5.01 Å². The first-order valence-corrected chi connectivity index (χ1v) is 6.48. The molecule has 0 N–H and O–H groups in total. The van der Waals surface area contributed by atoms with Crippen LogP contribution >= 0.6 is 38.9 Å². The van der Waals surface area contributed by atoms with Gasteiger partial charge in [-0.1, -0.05) is 11.3 Å². The molecule has 0 radical (unpaired) electrons. The minimum atomic E-state index is -0.576. The molecule has 2 heterocycles. The number of nitro groups is 1. The summed E-state index contributed by atoms with van der Waals surface area (Å²) in [5.74, 6) is 0. The molecule has 0 aliphatic rings. The molecule has 2 aromatic heterocycles. The van der Waals surface area contributed by atoms with Gasteiger partial charge in [-0.15, -0.1) is 10.2 Å². The predicted octanol–water partition coefficient (Wildman–Crippen LogP) is 2.07. The molecule has 10 heteroatoms. The lowest BCUT2D eigenvalue weighted by atomic mass is 10.4. The number of aromatic nitrogens is 3. The summed E-state index contributed by atoms with van der Waals surface area (Å²) in [6.07, 6.45) is 1.16. The molecule has 0 unspecified atom stereocenters. The van der Waals surface area contributed by atoms with Gasteiger partial charge in [-0.3, -0.25) is 14.9 Å². The third-order valence-electron chi connectivity index (χ3n) is 1.99. The molecule has 0 saturated carbocycles. The van der Waals surface area contributed by atoms with Crippen LogP contribution < -0.4 is 5.56 Å². The van der Waals surface area contributed by atoms with Crippen molar-refractivity contribution in [2.75, 3.05) is 0 Å². The Morgan fingerprint density at radius 2 is 2.28 bits per heavy atom. The summed E-state index contributed by atoms with van der Waals surface area (Å²) < 4.78 is 1.55. The summed E-state index contributed by atoms with van der Waals surface area (Å²) in [7, 11) is 0. The zero-order valence-corrected chi connectivity index (χ0v) is 11.7. The van der Waals surface area contributed by atoms with Crippen molar-refractivity contribution in [1.82, 2.24) is 14.8 Å². The molecule has 0 aromatic carbocycles. The van der Waals surface area contributed by atoms with Crippen LogP contribution in [0.15, 0.2) is 21.5 Å². The summed E-state index contributed by atoms with van der Waals surface area (Å²) in [4.78, 5) is 21.9. The smallest absolute Gasteiger partial charge is 0.286 e. The zero-order valence-electron chi connectivity index (χ0n) is 8.54. The van der Waals surface area contributed by atoms with Crippen LogP contribution in [0.2, 0.25) is 4.47 Å². The van der Waals surface area contributed by atoms with Gasteiger partial charge < -0.3 is 4.57 Å². The Hall–Kier alpha value is -1.32. The first kappa shape index (κ1) is 13.1. The molecule has 2 rings (SSSR count). The third kappa shape index (κ3) is 2.74. The van der Waals surface area contributed by atoms with Crippen molar-refractivity contribution in [3.63, 3.8) is 0 Å². The Balaban J connectivity index is 2.43. The maximum Gasteiger partial charge on any atom is 0.286 e. The average molecular weight is 352 g/mol. The number of nitrogens with zero attached hydrogens (tertiary/aromatic N) is 4. The van der Waals surface area contributed by atoms with Crippen molar-refractivity contribution in [1.29, 1.82) is 0 Å². The third-order valence-corrected chi connectivity index (χ3v) is 3.56. The molecular weight excluding hydrogens is 348 g/mol. The highest BCUT2D eigenvalue weighted by molar-refractivity contribution is 9.10. The molecule has 7 nitrogen and oxygen atoms in total. The molecule has 0 spiro atoms. The van der Waals surface area contributed by atoms with Crippen molar-refractivity contribution in [2.24, 2.45) is 0 Å². The average Bonchev–Trinajstić information content (AvgIpc) is 2.70. The Morgan fingerprint density at radius 1 is 1.56 bits per heavy atom. The summed E-state index contributed by atoms with van der Waals surface area (Å²) in [6, 6.07) is 1.16. The second kappa shape index (κ2) is 5.12. The minimum Gasteiger partial charge on any atom is -0.301 e. The quantitative estimate of drug-likeness (QED) is 0.623. The lowest BCUT2D eigenvalue weighted by Crippen LogP contribution is -2.21. The van der Waals surface area contributed by atoms with E-state index in [1.54, 1.807) is 0 Å². The Kier molecular flexibility index (Phi) is 3.73. The van der Waals surface area contributed by atoms with E-state index in [2.05, 4.69) is 26.1 Å². The summed E-state index contributed by atoms with van der Waals surface area (Å²) in [5.41, 5.74) is -0.566.